The molecule has 6 aliphatic heterocycles. The molecule has 6 saturated heterocycles. The number of unbranched alkanes of at least 4 members (excludes halogenated alkanes) is 30. The Morgan fingerprint density at radius 3 is 1.17 bits per heavy atom. The Morgan fingerprint density at radius 2 is 0.707 bits per heavy atom. The molecule has 2 amide bonds. The van der Waals surface area contributed by atoms with Crippen molar-refractivity contribution in [3.8, 4) is 0 Å². The number of aliphatic hydroxyl groups excluding tert-OH is 18. The van der Waals surface area contributed by atoms with Gasteiger partial charge in [0.25, 0.3) is 0 Å². The van der Waals surface area contributed by atoms with E-state index in [2.05, 4.69) is 36.6 Å². The molecule has 0 aromatic carbocycles. The van der Waals surface area contributed by atoms with Crippen molar-refractivity contribution < 1.29 is 158 Å². The van der Waals surface area contributed by atoms with Crippen LogP contribution in [0, 0.1) is 0 Å². The van der Waals surface area contributed by atoms with Gasteiger partial charge in [-0.25, -0.2) is 0 Å². The second-order valence-electron chi connectivity index (χ2n) is 32.4. The highest BCUT2D eigenvalue weighted by Crippen LogP contribution is 2.38. The summed E-state index contributed by atoms with van der Waals surface area (Å²) in [6.45, 7) is 1.32. The van der Waals surface area contributed by atoms with Crippen molar-refractivity contribution in [2.45, 2.75) is 442 Å². The minimum absolute atomic E-state index is 0.174. The molecule has 32 atom stereocenters. The third-order valence-electron chi connectivity index (χ3n) is 22.9. The van der Waals surface area contributed by atoms with Crippen LogP contribution >= 0.6 is 0 Å². The molecule has 0 saturated carbocycles. The van der Waals surface area contributed by atoms with Gasteiger partial charge >= 0.3 is 0 Å². The predicted octanol–water partition coefficient (Wildman–Crippen LogP) is 1.36. The van der Waals surface area contributed by atoms with Gasteiger partial charge in [-0.1, -0.05) is 205 Å². The first kappa shape index (κ1) is 102. The minimum atomic E-state index is -2.29. The molecule has 34 nitrogen and oxygen atoms in total. The largest absolute Gasteiger partial charge is 0.394 e. The summed E-state index contributed by atoms with van der Waals surface area (Å²) in [6.07, 6.45) is -10.0. The van der Waals surface area contributed by atoms with Gasteiger partial charge in [0.05, 0.1) is 57.9 Å². The highest BCUT2D eigenvalue weighted by molar-refractivity contribution is 5.76. The van der Waals surface area contributed by atoms with E-state index in [1.807, 2.05) is 6.08 Å². The number of allylic oxidation sites excluding steroid dienone is 3. The van der Waals surface area contributed by atoms with Crippen molar-refractivity contribution in [1.82, 2.24) is 10.6 Å². The Hall–Kier alpha value is -2.78. The first-order valence-electron chi connectivity index (χ1n) is 43.5. The summed E-state index contributed by atoms with van der Waals surface area (Å²) in [6, 6.07) is -2.90. The lowest BCUT2D eigenvalue weighted by Crippen LogP contribution is -2.70. The van der Waals surface area contributed by atoms with Gasteiger partial charge in [0.2, 0.25) is 11.8 Å². The summed E-state index contributed by atoms with van der Waals surface area (Å²) < 4.78 is 71.0. The number of carbonyl (C=O) groups is 2. The van der Waals surface area contributed by atoms with Crippen LogP contribution in [-0.4, -0.2) is 340 Å². The monoisotopic (exact) mass is 1670 g/mol. The van der Waals surface area contributed by atoms with Crippen molar-refractivity contribution in [2.75, 3.05) is 39.6 Å². The van der Waals surface area contributed by atoms with Gasteiger partial charge < -0.3 is 159 Å². The van der Waals surface area contributed by atoms with Crippen molar-refractivity contribution in [2.24, 2.45) is 0 Å². The fourth-order valence-electron chi connectivity index (χ4n) is 15.7. The molecular weight excluding hydrogens is 1520 g/mol. The maximum atomic E-state index is 13.6. The topological polar surface area (TPSA) is 533 Å². The maximum absolute atomic E-state index is 13.6. The number of aliphatic hydroxyl groups is 18. The molecule has 20 N–H and O–H groups in total. The molecule has 0 aromatic rings. The molecule has 0 aromatic heterocycles. The van der Waals surface area contributed by atoms with Gasteiger partial charge in [-0.15, -0.1) is 0 Å². The molecule has 12 unspecified atom stereocenters. The smallest absolute Gasteiger partial charge is 0.220 e. The Kier molecular flexibility index (Phi) is 49.4. The van der Waals surface area contributed by atoms with E-state index >= 15 is 0 Å². The van der Waals surface area contributed by atoms with Gasteiger partial charge in [-0.05, 0) is 51.9 Å². The minimum Gasteiger partial charge on any atom is -0.394 e. The van der Waals surface area contributed by atoms with Crippen LogP contribution in [0.3, 0.4) is 0 Å². The number of carbonyl (C=O) groups excluding carboxylic acids is 2. The number of hydrogen-bond donors (Lipinski definition) is 20. The average molecular weight is 1670 g/mol. The van der Waals surface area contributed by atoms with E-state index in [-0.39, 0.29) is 12.3 Å². The Bertz CT molecular complexity index is 2650. The van der Waals surface area contributed by atoms with E-state index in [0.717, 1.165) is 58.3 Å². The zero-order chi connectivity index (χ0) is 84.6. The van der Waals surface area contributed by atoms with Crippen molar-refractivity contribution >= 4 is 11.8 Å². The van der Waals surface area contributed by atoms with Gasteiger partial charge in [-0.2, -0.15) is 0 Å². The number of ether oxygens (including phenoxy) is 12. The van der Waals surface area contributed by atoms with Gasteiger partial charge in [0, 0.05) is 13.3 Å². The fraction of sp³-hybridized carbons (Fsp3) is 0.927. The predicted molar refractivity (Wildman–Crippen MR) is 418 cm³/mol. The van der Waals surface area contributed by atoms with Crippen LogP contribution in [-0.2, 0) is 66.4 Å². The molecule has 0 aliphatic carbocycles. The quantitative estimate of drug-likeness (QED) is 0.0302. The normalized spacial score (nSPS) is 36.5. The standard InChI is InChI=1S/C82H148N2O32/c1-5-7-9-11-13-15-17-19-20-21-22-23-24-25-26-27-28-30-32-34-36-38-40-42-58(92)84-51(52(91)41-39-37-35-33-31-29-18-16-14-12-10-8-6-2)48-105-78-69(102)67(100)72(57(47-89)111-78)112-80-71(104)75(64(97)56(46-88)108-80)115-81-70(103)74(63(96)55(45-87)109-81)114-77-59(83-50(4)90)73(62(95)54(44-86)107-77)113-82-76(66(99)61(94)53(43-85)110-82)116-79-68(101)65(98)60(93)49(3)106-79/h19-20,39,41,49,51-57,59-82,85-89,91,93-104H,5-18,21-38,40,42-48H2,1-4H3,(H,83,90)(H,84,92)/b20-19-,41-39+/t49?,51-,52+,53?,54?,55?,56?,57?,59?,60+,61-,62-,63-,64-,65?,66-,67+,68-,69?,70?,71?,72+,73+,74-,75-,76?,77-,78+,79+,80-,81+,82-/m0/s1. The van der Waals surface area contributed by atoms with Crippen LogP contribution in [0.1, 0.15) is 246 Å². The molecule has 0 bridgehead atoms. The lowest BCUT2D eigenvalue weighted by atomic mass is 9.94. The number of amides is 2. The molecule has 0 radical (unpaired) electrons. The molecule has 6 fully saturated rings. The van der Waals surface area contributed by atoms with E-state index in [1.165, 1.54) is 155 Å². The molecule has 34 heteroatoms. The Labute approximate surface area is 684 Å². The molecule has 6 rings (SSSR count). The summed E-state index contributed by atoms with van der Waals surface area (Å²) in [4.78, 5) is 26.6. The molecular formula is C82H148N2O32. The van der Waals surface area contributed by atoms with Crippen molar-refractivity contribution in [3.63, 3.8) is 0 Å². The Morgan fingerprint density at radius 1 is 0.353 bits per heavy atom. The SMILES string of the molecule is CCCCCCCC/C=C\CCCCCCCCCCCCCCCC(=O)N[C@@H](CO[C@@H]1OC(CO)[C@@H](O[C@@H]2OC(CO)[C@H](O)[C@H](O[C@H]3OC(CO)[C@H](O)[C@H](O[C@@H]4OC(CO)[C@H](O)[C@H](O[C@@H]5OC(CO)[C@H](O)[C@H](O)C5O[C@H]5OC(C)[C@@H](O)C(O)[C@@H]5O)C4NC(C)=O)C3O)C2O)[C@H](O)C1O)[C@H](O)/C=C/CCCCCCCCCCCCC. The fourth-order valence-corrected chi connectivity index (χ4v) is 15.7. The zero-order valence-electron chi connectivity index (χ0n) is 68.8. The van der Waals surface area contributed by atoms with Crippen molar-refractivity contribution in [3.05, 3.63) is 24.3 Å². The number of hydrogen-bond acceptors (Lipinski definition) is 32. The van der Waals surface area contributed by atoms with Crippen LogP contribution in [0.2, 0.25) is 0 Å². The van der Waals surface area contributed by atoms with Gasteiger partial charge in [0.1, 0.15) is 140 Å². The van der Waals surface area contributed by atoms with E-state index in [1.54, 1.807) is 6.08 Å². The first-order valence-corrected chi connectivity index (χ1v) is 43.5. The summed E-state index contributed by atoms with van der Waals surface area (Å²) in [5.74, 6) is -1.22. The highest BCUT2D eigenvalue weighted by Gasteiger charge is 2.59. The molecule has 6 aliphatic rings. The van der Waals surface area contributed by atoms with E-state index in [4.69, 9.17) is 56.8 Å². The van der Waals surface area contributed by atoms with E-state index in [0.29, 0.717) is 12.8 Å². The summed E-state index contributed by atoms with van der Waals surface area (Å²) in [5, 5.41) is 206. The molecule has 116 heavy (non-hydrogen) atoms. The molecule has 6 heterocycles. The second-order valence-corrected chi connectivity index (χ2v) is 32.4. The Balaban J connectivity index is 1.06. The van der Waals surface area contributed by atoms with Gasteiger partial charge in [-0.3, -0.25) is 9.59 Å². The summed E-state index contributed by atoms with van der Waals surface area (Å²) >= 11 is 0. The molecule has 678 valence electrons. The van der Waals surface area contributed by atoms with Crippen LogP contribution < -0.4 is 10.6 Å². The maximum Gasteiger partial charge on any atom is 0.220 e. The highest BCUT2D eigenvalue weighted by atomic mass is 16.8. The first-order chi connectivity index (χ1) is 55.9. The summed E-state index contributed by atoms with van der Waals surface area (Å²) in [5.41, 5.74) is 0. The van der Waals surface area contributed by atoms with Crippen LogP contribution in [0.5, 0.6) is 0 Å². The zero-order valence-corrected chi connectivity index (χ0v) is 68.8. The van der Waals surface area contributed by atoms with Crippen LogP contribution in [0.25, 0.3) is 0 Å². The summed E-state index contributed by atoms with van der Waals surface area (Å²) in [7, 11) is 0. The second kappa shape index (κ2) is 56.2. The third-order valence-corrected chi connectivity index (χ3v) is 22.9. The number of rotatable bonds is 57. The van der Waals surface area contributed by atoms with Gasteiger partial charge in [0.15, 0.2) is 37.7 Å². The van der Waals surface area contributed by atoms with E-state index < -0.39 is 242 Å². The number of nitrogens with one attached hydrogen (secondary N) is 2. The molecule has 0 spiro atoms. The van der Waals surface area contributed by atoms with Crippen molar-refractivity contribution in [1.29, 1.82) is 0 Å². The van der Waals surface area contributed by atoms with Crippen LogP contribution in [0.15, 0.2) is 24.3 Å². The lowest BCUT2D eigenvalue weighted by Gasteiger charge is -2.51. The third kappa shape index (κ3) is 32.4. The average Bonchev–Trinajstić information content (AvgIpc) is 0.773. The van der Waals surface area contributed by atoms with Crippen LogP contribution in [0.4, 0.5) is 0 Å². The lowest BCUT2D eigenvalue weighted by molar-refractivity contribution is -0.394. The van der Waals surface area contributed by atoms with E-state index in [9.17, 15) is 102 Å².